The highest BCUT2D eigenvalue weighted by Gasteiger charge is 2.56. The molecule has 4 rings (SSSR count). The van der Waals surface area contributed by atoms with Gasteiger partial charge in [0.05, 0.1) is 5.60 Å². The first-order valence-electron chi connectivity index (χ1n) is 14.5. The predicted octanol–water partition coefficient (Wildman–Crippen LogP) is 5.93. The summed E-state index contributed by atoms with van der Waals surface area (Å²) in [6, 6.07) is 6.26. The third kappa shape index (κ3) is 5.89. The molecule has 0 amide bonds. The Hall–Kier alpha value is -1.30. The molecule has 3 fully saturated rings. The zero-order valence-electron chi connectivity index (χ0n) is 23.6. The van der Waals surface area contributed by atoms with Crippen LogP contribution in [0.2, 0.25) is 0 Å². The summed E-state index contributed by atoms with van der Waals surface area (Å²) >= 11 is 0. The summed E-state index contributed by atoms with van der Waals surface area (Å²) < 4.78 is 6.35. The maximum atomic E-state index is 12.0. The minimum absolute atomic E-state index is 0.107. The van der Waals surface area contributed by atoms with Gasteiger partial charge in [-0.25, -0.2) is 0 Å². The first-order chi connectivity index (χ1) is 16.8. The van der Waals surface area contributed by atoms with Crippen LogP contribution in [0.4, 0.5) is 0 Å². The average Bonchev–Trinajstić information content (AvgIpc) is 3.61. The Morgan fingerprint density at radius 3 is 2.50 bits per heavy atom. The molecular formula is C31H51NO4. The van der Waals surface area contributed by atoms with Crippen molar-refractivity contribution in [3.63, 3.8) is 0 Å². The van der Waals surface area contributed by atoms with Crippen molar-refractivity contribution in [1.82, 2.24) is 4.90 Å². The summed E-state index contributed by atoms with van der Waals surface area (Å²) in [6.45, 7) is 14.6. The second-order valence-corrected chi connectivity index (χ2v) is 13.7. The Labute approximate surface area is 219 Å². The van der Waals surface area contributed by atoms with Gasteiger partial charge in [-0.15, -0.1) is 0 Å². The molecular weight excluding hydrogens is 450 g/mol. The van der Waals surface area contributed by atoms with E-state index in [2.05, 4.69) is 11.8 Å². The smallest absolute Gasteiger partial charge is 0.161 e. The lowest BCUT2D eigenvalue weighted by molar-refractivity contribution is -0.205. The summed E-state index contributed by atoms with van der Waals surface area (Å²) in [5.41, 5.74) is -1.43. The highest BCUT2D eigenvalue weighted by atomic mass is 16.5. The molecule has 0 bridgehead atoms. The van der Waals surface area contributed by atoms with Crippen molar-refractivity contribution >= 4 is 0 Å². The van der Waals surface area contributed by atoms with E-state index in [9.17, 15) is 15.3 Å². The van der Waals surface area contributed by atoms with Gasteiger partial charge in [-0.1, -0.05) is 46.6 Å². The molecule has 0 radical (unpaired) electrons. The fourth-order valence-corrected chi connectivity index (χ4v) is 6.69. The Bertz CT molecular complexity index is 889. The monoisotopic (exact) mass is 501 g/mol. The van der Waals surface area contributed by atoms with Crippen molar-refractivity contribution in [1.29, 1.82) is 0 Å². The first kappa shape index (κ1) is 27.7. The summed E-state index contributed by atoms with van der Waals surface area (Å²) in [7, 11) is 0. The third-order valence-corrected chi connectivity index (χ3v) is 9.91. The van der Waals surface area contributed by atoms with Gasteiger partial charge in [0.2, 0.25) is 0 Å². The Kier molecular flexibility index (Phi) is 8.05. The number of nitrogens with zero attached hydrogens (tertiary/aromatic N) is 1. The number of likely N-dealkylation sites (tertiary alicyclic amines) is 1. The van der Waals surface area contributed by atoms with Crippen LogP contribution >= 0.6 is 0 Å². The number of piperidine rings is 1. The normalized spacial score (nSPS) is 32.6. The fourth-order valence-electron chi connectivity index (χ4n) is 6.69. The van der Waals surface area contributed by atoms with Crippen LogP contribution in [0.25, 0.3) is 0 Å². The van der Waals surface area contributed by atoms with Crippen molar-refractivity contribution in [3.05, 3.63) is 23.8 Å². The van der Waals surface area contributed by atoms with Crippen LogP contribution in [0, 0.1) is 23.2 Å². The number of ether oxygens (including phenoxy) is 1. The molecule has 2 aliphatic carbocycles. The average molecular weight is 502 g/mol. The second-order valence-electron chi connectivity index (χ2n) is 13.7. The minimum atomic E-state index is -1.17. The topological polar surface area (TPSA) is 73.2 Å². The number of aliphatic hydroxyl groups is 2. The van der Waals surface area contributed by atoms with Crippen LogP contribution in [0.1, 0.15) is 98.5 Å². The second kappa shape index (κ2) is 10.5. The lowest BCUT2D eigenvalue weighted by atomic mass is 9.59. The standard InChI is InChI=1S/C31H51NO4/c1-21-14-16-32(20-23-10-11-23)25(17-21)18-24-12-13-26(33)27(19-24)36-22(2)31(35)15-8-7-9-28(31)30(6,34)29(3,4)5/h12-13,19,21-23,25,28,33-35H,7-11,14-18,20H2,1-6H3/t21-,22-,25+,28-,30+,31?/m1/s1. The lowest BCUT2D eigenvalue weighted by Crippen LogP contribution is -2.62. The Morgan fingerprint density at radius 2 is 1.83 bits per heavy atom. The molecule has 0 aromatic heterocycles. The zero-order valence-corrected chi connectivity index (χ0v) is 23.6. The molecule has 1 aromatic carbocycles. The Balaban J connectivity index is 1.51. The van der Waals surface area contributed by atoms with E-state index in [1.54, 1.807) is 6.07 Å². The summed E-state index contributed by atoms with van der Waals surface area (Å²) in [6.07, 6.45) is 8.88. The van der Waals surface area contributed by atoms with Crippen LogP contribution in [0.3, 0.4) is 0 Å². The largest absolute Gasteiger partial charge is 0.504 e. The van der Waals surface area contributed by atoms with Crippen LogP contribution in [0.5, 0.6) is 11.5 Å². The molecule has 2 saturated carbocycles. The molecule has 6 atom stereocenters. The number of rotatable bonds is 8. The van der Waals surface area contributed by atoms with Gasteiger partial charge in [0.1, 0.15) is 11.7 Å². The van der Waals surface area contributed by atoms with Gasteiger partial charge in [0.25, 0.3) is 0 Å². The lowest BCUT2D eigenvalue weighted by Gasteiger charge is -2.53. The number of hydrogen-bond donors (Lipinski definition) is 3. The van der Waals surface area contributed by atoms with Crippen LogP contribution in [0.15, 0.2) is 18.2 Å². The quantitative estimate of drug-likeness (QED) is 0.412. The van der Waals surface area contributed by atoms with E-state index in [1.165, 1.54) is 44.3 Å². The molecule has 5 nitrogen and oxygen atoms in total. The van der Waals surface area contributed by atoms with E-state index in [0.717, 1.165) is 37.5 Å². The van der Waals surface area contributed by atoms with E-state index >= 15 is 0 Å². The predicted molar refractivity (Wildman–Crippen MR) is 145 cm³/mol. The molecule has 204 valence electrons. The SMILES string of the molecule is C[C@@H]1CCN(CC2CC2)[C@H](Cc2ccc(O)c(O[C@H](C)C3(O)CCCC[C@@H]3[C@](C)(O)C(C)(C)C)c2)C1. The molecule has 3 aliphatic rings. The van der Waals surface area contributed by atoms with Crippen molar-refractivity contribution in [2.75, 3.05) is 13.1 Å². The number of hydrogen-bond acceptors (Lipinski definition) is 5. The van der Waals surface area contributed by atoms with E-state index in [-0.39, 0.29) is 17.1 Å². The van der Waals surface area contributed by atoms with Crippen molar-refractivity contribution in [2.24, 2.45) is 23.2 Å². The molecule has 5 heteroatoms. The van der Waals surface area contributed by atoms with Crippen LogP contribution < -0.4 is 4.74 Å². The van der Waals surface area contributed by atoms with Gasteiger partial charge in [-0.3, -0.25) is 4.90 Å². The van der Waals surface area contributed by atoms with Gasteiger partial charge in [-0.05, 0) is 100 Å². The van der Waals surface area contributed by atoms with Gasteiger partial charge in [0.15, 0.2) is 11.5 Å². The zero-order chi connectivity index (χ0) is 26.3. The van der Waals surface area contributed by atoms with Gasteiger partial charge >= 0.3 is 0 Å². The van der Waals surface area contributed by atoms with Crippen molar-refractivity contribution < 1.29 is 20.1 Å². The minimum Gasteiger partial charge on any atom is -0.504 e. The van der Waals surface area contributed by atoms with Gasteiger partial charge < -0.3 is 20.1 Å². The number of benzene rings is 1. The number of phenolic OH excluding ortho intramolecular Hbond substituents is 1. The molecule has 0 spiro atoms. The summed E-state index contributed by atoms with van der Waals surface area (Å²) in [5, 5.41) is 34.2. The maximum absolute atomic E-state index is 12.0. The van der Waals surface area contributed by atoms with E-state index in [4.69, 9.17) is 4.74 Å². The van der Waals surface area contributed by atoms with Crippen molar-refractivity contribution in [2.45, 2.75) is 123 Å². The molecule has 36 heavy (non-hydrogen) atoms. The third-order valence-electron chi connectivity index (χ3n) is 9.91. The Morgan fingerprint density at radius 1 is 1.11 bits per heavy atom. The van der Waals surface area contributed by atoms with E-state index < -0.39 is 17.3 Å². The van der Waals surface area contributed by atoms with E-state index in [1.807, 2.05) is 46.8 Å². The van der Waals surface area contributed by atoms with Gasteiger partial charge in [0, 0.05) is 18.5 Å². The van der Waals surface area contributed by atoms with Crippen LogP contribution in [-0.2, 0) is 6.42 Å². The molecule has 1 unspecified atom stereocenters. The van der Waals surface area contributed by atoms with Crippen molar-refractivity contribution in [3.8, 4) is 11.5 Å². The molecule has 1 heterocycles. The van der Waals surface area contributed by atoms with E-state index in [0.29, 0.717) is 18.2 Å². The first-order valence-corrected chi connectivity index (χ1v) is 14.5. The molecule has 1 aliphatic heterocycles. The van der Waals surface area contributed by atoms with Crippen LogP contribution in [-0.4, -0.2) is 56.7 Å². The highest BCUT2D eigenvalue weighted by molar-refractivity contribution is 5.42. The maximum Gasteiger partial charge on any atom is 0.161 e. The molecule has 3 N–H and O–H groups in total. The highest BCUT2D eigenvalue weighted by Crippen LogP contribution is 2.49. The molecule has 1 aromatic rings. The van der Waals surface area contributed by atoms with Gasteiger partial charge in [-0.2, -0.15) is 0 Å². The summed E-state index contributed by atoms with van der Waals surface area (Å²) in [4.78, 5) is 2.69. The molecule has 1 saturated heterocycles. The number of phenols is 1. The number of aromatic hydroxyl groups is 1. The summed E-state index contributed by atoms with van der Waals surface area (Å²) in [5.74, 6) is 1.86. The fraction of sp³-hybridized carbons (Fsp3) is 0.806.